The molecule has 4 nitrogen and oxygen atoms in total. The Hall–Kier alpha value is -1.17. The van der Waals surface area contributed by atoms with Crippen LogP contribution in [0, 0.1) is 13.8 Å². The highest BCUT2D eigenvalue weighted by molar-refractivity contribution is 9.10. The number of halogens is 3. The van der Waals surface area contributed by atoms with E-state index in [9.17, 15) is 4.79 Å². The van der Waals surface area contributed by atoms with Crippen LogP contribution in [0.25, 0.3) is 0 Å². The van der Waals surface area contributed by atoms with Crippen LogP contribution in [0.3, 0.4) is 0 Å². The van der Waals surface area contributed by atoms with E-state index in [4.69, 9.17) is 23.2 Å². The monoisotopic (exact) mass is 373 g/mol. The number of nitrogens with one attached hydrogen (secondary N) is 1. The number of hydrogen-bond donors (Lipinski definition) is 1. The van der Waals surface area contributed by atoms with E-state index < -0.39 is 0 Å². The average molecular weight is 375 g/mol. The molecule has 1 N–H and O–H groups in total. The number of hydrogen-bond acceptors (Lipinski definition) is 3. The first kappa shape index (κ1) is 15.2. The van der Waals surface area contributed by atoms with E-state index in [1.165, 1.54) is 6.07 Å². The third kappa shape index (κ3) is 3.29. The number of anilines is 1. The Bertz CT molecular complexity index is 668. The van der Waals surface area contributed by atoms with Gasteiger partial charge in [-0.15, -0.1) is 10.2 Å². The van der Waals surface area contributed by atoms with Crippen LogP contribution in [-0.4, -0.2) is 16.1 Å². The van der Waals surface area contributed by atoms with E-state index in [1.807, 2.05) is 26.0 Å². The molecule has 0 spiro atoms. The molecule has 0 radical (unpaired) electrons. The van der Waals surface area contributed by atoms with Crippen molar-refractivity contribution in [1.29, 1.82) is 0 Å². The zero-order valence-corrected chi connectivity index (χ0v) is 13.8. The summed E-state index contributed by atoms with van der Waals surface area (Å²) in [5.41, 5.74) is 2.91. The molecule has 0 aliphatic carbocycles. The van der Waals surface area contributed by atoms with Crippen molar-refractivity contribution in [2.24, 2.45) is 0 Å². The molecule has 0 saturated carbocycles. The Morgan fingerprint density at radius 2 is 1.75 bits per heavy atom. The van der Waals surface area contributed by atoms with E-state index in [1.54, 1.807) is 0 Å². The second-order valence-electron chi connectivity index (χ2n) is 4.25. The minimum absolute atomic E-state index is 0.0115. The summed E-state index contributed by atoms with van der Waals surface area (Å²) < 4.78 is 1.02. The fraction of sp³-hybridized carbons (Fsp3) is 0.154. The molecule has 7 heteroatoms. The van der Waals surface area contributed by atoms with Crippen LogP contribution in [0.1, 0.15) is 21.5 Å². The van der Waals surface area contributed by atoms with Crippen LogP contribution >= 0.6 is 39.1 Å². The second-order valence-corrected chi connectivity index (χ2v) is 5.79. The van der Waals surface area contributed by atoms with Crippen LogP contribution in [0.5, 0.6) is 0 Å². The maximum Gasteiger partial charge on any atom is 0.258 e. The maximum absolute atomic E-state index is 12.2. The van der Waals surface area contributed by atoms with Crippen molar-refractivity contribution >= 4 is 50.7 Å². The van der Waals surface area contributed by atoms with Gasteiger partial charge in [-0.05, 0) is 43.2 Å². The lowest BCUT2D eigenvalue weighted by molar-refractivity contribution is 0.102. The minimum atomic E-state index is -0.382. The normalized spacial score (nSPS) is 10.4. The lowest BCUT2D eigenvalue weighted by Gasteiger charge is -2.10. The summed E-state index contributed by atoms with van der Waals surface area (Å²) in [4.78, 5) is 12.2. The van der Waals surface area contributed by atoms with Crippen LogP contribution in [-0.2, 0) is 0 Å². The molecule has 0 bridgehead atoms. The number of carbonyl (C=O) groups excluding carboxylic acids is 1. The third-order valence-electron chi connectivity index (χ3n) is 2.66. The van der Waals surface area contributed by atoms with Gasteiger partial charge in [0.05, 0.1) is 5.56 Å². The van der Waals surface area contributed by atoms with E-state index in [-0.39, 0.29) is 21.8 Å². The predicted molar refractivity (Wildman–Crippen MR) is 83.6 cm³/mol. The van der Waals surface area contributed by atoms with Crippen molar-refractivity contribution in [3.05, 3.63) is 49.7 Å². The van der Waals surface area contributed by atoms with Crippen molar-refractivity contribution in [1.82, 2.24) is 10.2 Å². The Labute approximate surface area is 134 Å². The SMILES string of the molecule is Cc1cc(NC(=O)c2cc(Cl)nnc2Cl)cc(C)c1Br. The van der Waals surface area contributed by atoms with Gasteiger partial charge in [-0.25, -0.2) is 0 Å². The number of rotatable bonds is 2. The smallest absolute Gasteiger partial charge is 0.258 e. The molecule has 0 saturated heterocycles. The molecule has 1 aromatic heterocycles. The zero-order valence-electron chi connectivity index (χ0n) is 10.7. The lowest BCUT2D eigenvalue weighted by atomic mass is 10.1. The quantitative estimate of drug-likeness (QED) is 0.846. The molecule has 0 fully saturated rings. The van der Waals surface area contributed by atoms with Crippen molar-refractivity contribution in [2.45, 2.75) is 13.8 Å². The zero-order chi connectivity index (χ0) is 14.9. The lowest BCUT2D eigenvalue weighted by Crippen LogP contribution is -2.14. The van der Waals surface area contributed by atoms with Gasteiger partial charge in [-0.2, -0.15) is 0 Å². The molecular formula is C13H10BrCl2N3O. The summed E-state index contributed by atoms with van der Waals surface area (Å²) >= 11 is 15.0. The first-order valence-electron chi connectivity index (χ1n) is 5.65. The molecule has 2 rings (SSSR count). The molecular weight excluding hydrogens is 365 g/mol. The first-order chi connectivity index (χ1) is 9.38. The summed E-state index contributed by atoms with van der Waals surface area (Å²) in [6.07, 6.45) is 0. The van der Waals surface area contributed by atoms with Crippen LogP contribution in [0.4, 0.5) is 5.69 Å². The van der Waals surface area contributed by atoms with Gasteiger partial charge in [0.1, 0.15) is 0 Å². The fourth-order valence-corrected chi connectivity index (χ4v) is 2.28. The minimum Gasteiger partial charge on any atom is -0.322 e. The third-order valence-corrected chi connectivity index (χ3v) is 4.37. The van der Waals surface area contributed by atoms with E-state index in [0.29, 0.717) is 5.69 Å². The molecule has 1 heterocycles. The van der Waals surface area contributed by atoms with Crippen molar-refractivity contribution in [3.8, 4) is 0 Å². The van der Waals surface area contributed by atoms with Gasteiger partial charge in [0, 0.05) is 10.2 Å². The molecule has 0 atom stereocenters. The van der Waals surface area contributed by atoms with E-state index in [0.717, 1.165) is 15.6 Å². The van der Waals surface area contributed by atoms with Crippen LogP contribution in [0.2, 0.25) is 10.3 Å². The number of aryl methyl sites for hydroxylation is 2. The Morgan fingerprint density at radius 3 is 2.35 bits per heavy atom. The van der Waals surface area contributed by atoms with Crippen LogP contribution in [0.15, 0.2) is 22.7 Å². The number of amides is 1. The van der Waals surface area contributed by atoms with Crippen molar-refractivity contribution in [2.75, 3.05) is 5.32 Å². The van der Waals surface area contributed by atoms with Crippen LogP contribution < -0.4 is 5.32 Å². The second kappa shape index (κ2) is 6.08. The van der Waals surface area contributed by atoms with Gasteiger partial charge in [0.2, 0.25) is 0 Å². The molecule has 104 valence electrons. The summed E-state index contributed by atoms with van der Waals surface area (Å²) in [5.74, 6) is -0.382. The Morgan fingerprint density at radius 1 is 1.15 bits per heavy atom. The molecule has 0 aliphatic heterocycles. The van der Waals surface area contributed by atoms with Gasteiger partial charge in [0.25, 0.3) is 5.91 Å². The highest BCUT2D eigenvalue weighted by Crippen LogP contribution is 2.26. The summed E-state index contributed by atoms with van der Waals surface area (Å²) in [6.45, 7) is 3.90. The number of nitrogens with zero attached hydrogens (tertiary/aromatic N) is 2. The molecule has 0 aliphatic rings. The number of aromatic nitrogens is 2. The topological polar surface area (TPSA) is 54.9 Å². The van der Waals surface area contributed by atoms with Crippen molar-refractivity contribution in [3.63, 3.8) is 0 Å². The largest absolute Gasteiger partial charge is 0.322 e. The maximum atomic E-state index is 12.2. The van der Waals surface area contributed by atoms with Gasteiger partial charge in [-0.1, -0.05) is 39.1 Å². The van der Waals surface area contributed by atoms with E-state index in [2.05, 4.69) is 31.4 Å². The molecule has 1 aromatic carbocycles. The van der Waals surface area contributed by atoms with Gasteiger partial charge in [-0.3, -0.25) is 4.79 Å². The number of benzene rings is 1. The average Bonchev–Trinajstić information content (AvgIpc) is 2.38. The summed E-state index contributed by atoms with van der Waals surface area (Å²) in [5, 5.41) is 10.1. The highest BCUT2D eigenvalue weighted by Gasteiger charge is 2.14. The fourth-order valence-electron chi connectivity index (χ4n) is 1.73. The standard InChI is InChI=1S/C13H10BrCl2N3O/c1-6-3-8(4-7(2)11(6)14)17-13(20)9-5-10(15)18-19-12(9)16/h3-5H,1-2H3,(H,17,20). The molecule has 1 amide bonds. The molecule has 2 aromatic rings. The van der Waals surface area contributed by atoms with Gasteiger partial charge in [0.15, 0.2) is 10.3 Å². The Kier molecular flexibility index (Phi) is 4.62. The summed E-state index contributed by atoms with van der Waals surface area (Å²) in [7, 11) is 0. The molecule has 20 heavy (non-hydrogen) atoms. The van der Waals surface area contributed by atoms with Crippen molar-refractivity contribution < 1.29 is 4.79 Å². The number of carbonyl (C=O) groups is 1. The van der Waals surface area contributed by atoms with Gasteiger partial charge < -0.3 is 5.32 Å². The van der Waals surface area contributed by atoms with E-state index >= 15 is 0 Å². The summed E-state index contributed by atoms with van der Waals surface area (Å²) in [6, 6.07) is 5.10. The molecule has 0 unspecified atom stereocenters. The predicted octanol–water partition coefficient (Wildman–Crippen LogP) is 4.42. The van der Waals surface area contributed by atoms with Gasteiger partial charge >= 0.3 is 0 Å². The highest BCUT2D eigenvalue weighted by atomic mass is 79.9. The Balaban J connectivity index is 2.30. The first-order valence-corrected chi connectivity index (χ1v) is 7.20.